The van der Waals surface area contributed by atoms with Gasteiger partial charge in [0.25, 0.3) is 5.91 Å². The van der Waals surface area contributed by atoms with Gasteiger partial charge in [0.1, 0.15) is 23.7 Å². The molecule has 3 aromatic rings. The van der Waals surface area contributed by atoms with Gasteiger partial charge in [0, 0.05) is 12.5 Å². The number of rotatable bonds is 5. The summed E-state index contributed by atoms with van der Waals surface area (Å²) in [6.45, 7) is 5.88. The highest BCUT2D eigenvalue weighted by atomic mass is 16.4. The molecule has 0 atom stereocenters. The molecule has 3 heterocycles. The third kappa shape index (κ3) is 2.95. The standard InChI is InChI=1S/C17H19N5O3/c1-9-12(15(23)19-7-11-6-18-10(2)25-11)13-14(22-17(3)4-5-17)20-8-21-16(13)24-9/h6,8H,4-5,7H2,1-3H3,(H,19,23)(H,20,21,22). The van der Waals surface area contributed by atoms with E-state index in [9.17, 15) is 4.79 Å². The highest BCUT2D eigenvalue weighted by Crippen LogP contribution is 2.40. The third-order valence-corrected chi connectivity index (χ3v) is 4.40. The molecule has 130 valence electrons. The second-order valence-corrected chi connectivity index (χ2v) is 6.65. The average molecular weight is 341 g/mol. The predicted molar refractivity (Wildman–Crippen MR) is 90.2 cm³/mol. The quantitative estimate of drug-likeness (QED) is 0.735. The van der Waals surface area contributed by atoms with Crippen LogP contribution in [-0.4, -0.2) is 26.4 Å². The van der Waals surface area contributed by atoms with Gasteiger partial charge in [0.05, 0.1) is 23.7 Å². The molecule has 8 nitrogen and oxygen atoms in total. The number of aromatic nitrogens is 3. The summed E-state index contributed by atoms with van der Waals surface area (Å²) in [5, 5.41) is 6.85. The van der Waals surface area contributed by atoms with Crippen molar-refractivity contribution in [3.63, 3.8) is 0 Å². The molecule has 0 radical (unpaired) electrons. The zero-order chi connectivity index (χ0) is 17.6. The Bertz CT molecular complexity index is 955. The van der Waals surface area contributed by atoms with Crippen molar-refractivity contribution in [2.45, 2.75) is 45.7 Å². The van der Waals surface area contributed by atoms with Gasteiger partial charge in [-0.15, -0.1) is 0 Å². The molecule has 0 aliphatic heterocycles. The normalized spacial score (nSPS) is 15.3. The molecule has 3 aromatic heterocycles. The van der Waals surface area contributed by atoms with Crippen LogP contribution in [0.25, 0.3) is 11.1 Å². The smallest absolute Gasteiger partial charge is 0.256 e. The minimum Gasteiger partial charge on any atom is -0.444 e. The predicted octanol–water partition coefficient (Wildman–Crippen LogP) is 2.72. The number of nitrogens with zero attached hydrogens (tertiary/aromatic N) is 3. The van der Waals surface area contributed by atoms with Crippen LogP contribution in [0.2, 0.25) is 0 Å². The zero-order valence-corrected chi connectivity index (χ0v) is 14.3. The topological polar surface area (TPSA) is 106 Å². The van der Waals surface area contributed by atoms with E-state index in [1.807, 2.05) is 0 Å². The van der Waals surface area contributed by atoms with Crippen LogP contribution in [0.3, 0.4) is 0 Å². The Hall–Kier alpha value is -2.90. The molecule has 8 heteroatoms. The van der Waals surface area contributed by atoms with E-state index in [2.05, 4.69) is 32.5 Å². The molecule has 1 fully saturated rings. The first-order valence-corrected chi connectivity index (χ1v) is 8.17. The maximum absolute atomic E-state index is 12.7. The highest BCUT2D eigenvalue weighted by Gasteiger charge is 2.38. The molecule has 0 unspecified atom stereocenters. The van der Waals surface area contributed by atoms with Crippen LogP contribution in [0.1, 0.15) is 47.5 Å². The van der Waals surface area contributed by atoms with Gasteiger partial charge in [0.15, 0.2) is 5.89 Å². The molecule has 0 spiro atoms. The maximum Gasteiger partial charge on any atom is 0.256 e. The second-order valence-electron chi connectivity index (χ2n) is 6.65. The number of hydrogen-bond donors (Lipinski definition) is 2. The van der Waals surface area contributed by atoms with Gasteiger partial charge in [-0.2, -0.15) is 0 Å². The van der Waals surface area contributed by atoms with Crippen molar-refractivity contribution in [3.8, 4) is 0 Å². The molecular weight excluding hydrogens is 322 g/mol. The monoisotopic (exact) mass is 341 g/mol. The molecule has 0 aromatic carbocycles. The van der Waals surface area contributed by atoms with E-state index in [0.717, 1.165) is 12.8 Å². The SMILES string of the molecule is Cc1ncc(CNC(=O)c2c(C)oc3ncnc(NC4(C)CC4)c23)o1. The van der Waals surface area contributed by atoms with E-state index in [1.165, 1.54) is 6.33 Å². The second kappa shape index (κ2) is 5.58. The lowest BCUT2D eigenvalue weighted by molar-refractivity contribution is 0.0947. The maximum atomic E-state index is 12.7. The van der Waals surface area contributed by atoms with Crippen LogP contribution >= 0.6 is 0 Å². The number of anilines is 1. The first-order valence-electron chi connectivity index (χ1n) is 8.17. The van der Waals surface area contributed by atoms with Crippen LogP contribution < -0.4 is 10.6 Å². The summed E-state index contributed by atoms with van der Waals surface area (Å²) in [6, 6.07) is 0. The molecule has 1 saturated carbocycles. The average Bonchev–Trinajstić information content (AvgIpc) is 2.99. The fourth-order valence-corrected chi connectivity index (χ4v) is 2.75. The van der Waals surface area contributed by atoms with Crippen molar-refractivity contribution in [2.75, 3.05) is 5.32 Å². The van der Waals surface area contributed by atoms with Gasteiger partial charge in [-0.3, -0.25) is 4.79 Å². The van der Waals surface area contributed by atoms with E-state index >= 15 is 0 Å². The molecule has 25 heavy (non-hydrogen) atoms. The number of oxazole rings is 1. The fourth-order valence-electron chi connectivity index (χ4n) is 2.75. The van der Waals surface area contributed by atoms with E-state index < -0.39 is 0 Å². The van der Waals surface area contributed by atoms with E-state index in [-0.39, 0.29) is 18.0 Å². The van der Waals surface area contributed by atoms with E-state index in [0.29, 0.717) is 39.9 Å². The van der Waals surface area contributed by atoms with Crippen molar-refractivity contribution < 1.29 is 13.6 Å². The lowest BCUT2D eigenvalue weighted by Crippen LogP contribution is -2.24. The van der Waals surface area contributed by atoms with Gasteiger partial charge in [0.2, 0.25) is 5.71 Å². The Morgan fingerprint density at radius 2 is 2.04 bits per heavy atom. The summed E-state index contributed by atoms with van der Waals surface area (Å²) in [5.74, 6) is 2.03. The van der Waals surface area contributed by atoms with Crippen molar-refractivity contribution in [3.05, 3.63) is 35.5 Å². The molecular formula is C17H19N5O3. The summed E-state index contributed by atoms with van der Waals surface area (Å²) in [7, 11) is 0. The Morgan fingerprint density at radius 1 is 1.24 bits per heavy atom. The number of fused-ring (bicyclic) bond motifs is 1. The molecule has 1 aliphatic carbocycles. The number of aryl methyl sites for hydroxylation is 2. The summed E-state index contributed by atoms with van der Waals surface area (Å²) < 4.78 is 11.0. The van der Waals surface area contributed by atoms with Crippen LogP contribution in [0.5, 0.6) is 0 Å². The lowest BCUT2D eigenvalue weighted by atomic mass is 10.1. The number of furan rings is 1. The minimum absolute atomic E-state index is 0.0254. The van der Waals surface area contributed by atoms with E-state index in [4.69, 9.17) is 8.83 Å². The number of amides is 1. The summed E-state index contributed by atoms with van der Waals surface area (Å²) >= 11 is 0. The first-order chi connectivity index (χ1) is 12.0. The first kappa shape index (κ1) is 15.6. The number of nitrogens with one attached hydrogen (secondary N) is 2. The van der Waals surface area contributed by atoms with Crippen molar-refractivity contribution in [1.29, 1.82) is 0 Å². The van der Waals surface area contributed by atoms with Gasteiger partial charge in [-0.05, 0) is 26.7 Å². The van der Waals surface area contributed by atoms with E-state index in [1.54, 1.807) is 20.0 Å². The highest BCUT2D eigenvalue weighted by molar-refractivity contribution is 6.10. The van der Waals surface area contributed by atoms with Crippen LogP contribution in [0.15, 0.2) is 21.4 Å². The summed E-state index contributed by atoms with van der Waals surface area (Å²) in [5.41, 5.74) is 0.871. The van der Waals surface area contributed by atoms with Crippen LogP contribution in [-0.2, 0) is 6.54 Å². The summed E-state index contributed by atoms with van der Waals surface area (Å²) in [4.78, 5) is 25.2. The van der Waals surface area contributed by atoms with Gasteiger partial charge in [-0.1, -0.05) is 0 Å². The molecule has 1 amide bonds. The number of hydrogen-bond acceptors (Lipinski definition) is 7. The van der Waals surface area contributed by atoms with Crippen molar-refractivity contribution in [1.82, 2.24) is 20.3 Å². The van der Waals surface area contributed by atoms with Crippen LogP contribution in [0, 0.1) is 13.8 Å². The molecule has 2 N–H and O–H groups in total. The third-order valence-electron chi connectivity index (χ3n) is 4.40. The van der Waals surface area contributed by atoms with Crippen molar-refractivity contribution in [2.24, 2.45) is 0 Å². The zero-order valence-electron chi connectivity index (χ0n) is 14.3. The Kier molecular flexibility index (Phi) is 3.48. The Morgan fingerprint density at radius 3 is 2.72 bits per heavy atom. The minimum atomic E-state index is -0.260. The lowest BCUT2D eigenvalue weighted by Gasteiger charge is -2.13. The number of carbonyl (C=O) groups is 1. The van der Waals surface area contributed by atoms with Gasteiger partial charge in [-0.25, -0.2) is 15.0 Å². The summed E-state index contributed by atoms with van der Waals surface area (Å²) in [6.07, 6.45) is 5.18. The fraction of sp³-hybridized carbons (Fsp3) is 0.412. The number of carbonyl (C=O) groups excluding carboxylic acids is 1. The van der Waals surface area contributed by atoms with Crippen molar-refractivity contribution >= 4 is 22.8 Å². The Balaban J connectivity index is 1.65. The molecule has 1 aliphatic rings. The van der Waals surface area contributed by atoms with Crippen LogP contribution in [0.4, 0.5) is 5.82 Å². The molecule has 4 rings (SSSR count). The Labute approximate surface area is 144 Å². The van der Waals surface area contributed by atoms with Gasteiger partial charge >= 0.3 is 0 Å². The molecule has 0 bridgehead atoms. The largest absolute Gasteiger partial charge is 0.444 e. The van der Waals surface area contributed by atoms with Gasteiger partial charge < -0.3 is 19.5 Å². The molecule has 0 saturated heterocycles.